The summed E-state index contributed by atoms with van der Waals surface area (Å²) in [7, 11) is 0. The van der Waals surface area contributed by atoms with Crippen molar-refractivity contribution in [3.63, 3.8) is 0 Å². The molecule has 2 aromatic heterocycles. The smallest absolute Gasteiger partial charge is 0.263 e. The summed E-state index contributed by atoms with van der Waals surface area (Å²) in [5.41, 5.74) is 1.36. The van der Waals surface area contributed by atoms with Crippen LogP contribution in [0.25, 0.3) is 21.3 Å². The molecule has 1 aromatic carbocycles. The van der Waals surface area contributed by atoms with Gasteiger partial charge in [0.15, 0.2) is 0 Å². The zero-order chi connectivity index (χ0) is 17.4. The number of carbonyl (C=O) groups excluding carboxylic acids is 1. The van der Waals surface area contributed by atoms with Gasteiger partial charge in [-0.05, 0) is 31.0 Å². The molecule has 1 unspecified atom stereocenters. The quantitative estimate of drug-likeness (QED) is 0.668. The summed E-state index contributed by atoms with van der Waals surface area (Å²) in [6.45, 7) is 3.63. The molecule has 3 rings (SSSR count). The Hall–Kier alpha value is -1.99. The molecule has 0 saturated carbocycles. The van der Waals surface area contributed by atoms with E-state index in [1.54, 1.807) is 6.92 Å². The molecule has 24 heavy (non-hydrogen) atoms. The molecule has 0 aliphatic rings. The second-order valence-electron chi connectivity index (χ2n) is 5.42. The van der Waals surface area contributed by atoms with Gasteiger partial charge in [-0.2, -0.15) is 0 Å². The van der Waals surface area contributed by atoms with Crippen molar-refractivity contribution in [3.05, 3.63) is 50.3 Å². The summed E-state index contributed by atoms with van der Waals surface area (Å²) in [6, 6.07) is 6.64. The van der Waals surface area contributed by atoms with Crippen molar-refractivity contribution >= 4 is 43.5 Å². The zero-order valence-electron chi connectivity index (χ0n) is 13.1. The largest absolute Gasteiger partial charge is 0.548 e. The van der Waals surface area contributed by atoms with E-state index in [9.17, 15) is 14.7 Å². The van der Waals surface area contributed by atoms with E-state index in [4.69, 9.17) is 0 Å². The number of hydrogen-bond acceptors (Lipinski definition) is 5. The number of aromatic nitrogens is 2. The fourth-order valence-electron chi connectivity index (χ4n) is 2.78. The predicted octanol–water partition coefficient (Wildman–Crippen LogP) is 2.90. The van der Waals surface area contributed by atoms with E-state index in [0.717, 1.165) is 25.0 Å². The highest BCUT2D eigenvalue weighted by Gasteiger charge is 2.20. The average Bonchev–Trinajstić information content (AvgIpc) is 2.88. The average molecular weight is 406 g/mol. The monoisotopic (exact) mass is 405 g/mol. The number of benzene rings is 1. The van der Waals surface area contributed by atoms with Crippen molar-refractivity contribution in [2.24, 2.45) is 0 Å². The van der Waals surface area contributed by atoms with E-state index >= 15 is 0 Å². The molecule has 124 valence electrons. The van der Waals surface area contributed by atoms with Gasteiger partial charge in [0.1, 0.15) is 4.83 Å². The van der Waals surface area contributed by atoms with Gasteiger partial charge in [-0.1, -0.05) is 35.0 Å². The van der Waals surface area contributed by atoms with E-state index in [-0.39, 0.29) is 12.0 Å². The number of carboxylic acid groups (broad SMARTS) is 1. The Labute approximate surface area is 150 Å². The summed E-state index contributed by atoms with van der Waals surface area (Å²) < 4.78 is 2.11. The van der Waals surface area contributed by atoms with Crippen LogP contribution in [-0.4, -0.2) is 15.5 Å². The molecular weight excluding hydrogens is 392 g/mol. The Morgan fingerprint density at radius 3 is 2.62 bits per heavy atom. The van der Waals surface area contributed by atoms with E-state index in [1.807, 2.05) is 31.2 Å². The molecule has 0 aliphatic carbocycles. The van der Waals surface area contributed by atoms with Crippen LogP contribution in [0.15, 0.2) is 39.9 Å². The molecule has 0 saturated heterocycles. The molecule has 0 bridgehead atoms. The normalized spacial score (nSPS) is 12.5. The minimum absolute atomic E-state index is 0.256. The summed E-state index contributed by atoms with van der Waals surface area (Å²) in [6.07, 6.45) is 1.56. The molecule has 2 heterocycles. The summed E-state index contributed by atoms with van der Waals surface area (Å²) >= 11 is 4.83. The highest BCUT2D eigenvalue weighted by atomic mass is 79.9. The van der Waals surface area contributed by atoms with Gasteiger partial charge in [0.2, 0.25) is 0 Å². The Kier molecular flexibility index (Phi) is 4.56. The van der Waals surface area contributed by atoms with E-state index in [0.29, 0.717) is 10.2 Å². The molecule has 5 nitrogen and oxygen atoms in total. The van der Waals surface area contributed by atoms with Crippen molar-refractivity contribution in [2.45, 2.75) is 26.3 Å². The third-order valence-corrected chi connectivity index (χ3v) is 5.48. The third-order valence-electron chi connectivity index (χ3n) is 3.94. The maximum absolute atomic E-state index is 12.9. The molecule has 0 fully saturated rings. The second-order valence-corrected chi connectivity index (χ2v) is 7.54. The molecular formula is C17H14BrN2O3S-. The molecule has 0 aliphatic heterocycles. The Bertz CT molecular complexity index is 976. The highest BCUT2D eigenvalue weighted by molar-refractivity contribution is 9.10. The lowest BCUT2D eigenvalue weighted by Crippen LogP contribution is -2.37. The number of thiophene rings is 1. The number of fused-ring (bicyclic) bond motifs is 1. The van der Waals surface area contributed by atoms with Crippen molar-refractivity contribution in [3.8, 4) is 11.1 Å². The predicted molar refractivity (Wildman–Crippen MR) is 96.1 cm³/mol. The summed E-state index contributed by atoms with van der Waals surface area (Å²) in [4.78, 5) is 30.1. The first-order valence-electron chi connectivity index (χ1n) is 7.41. The van der Waals surface area contributed by atoms with Crippen LogP contribution in [0.4, 0.5) is 0 Å². The van der Waals surface area contributed by atoms with Gasteiger partial charge >= 0.3 is 0 Å². The maximum Gasteiger partial charge on any atom is 0.263 e. The first-order chi connectivity index (χ1) is 11.4. The van der Waals surface area contributed by atoms with Crippen LogP contribution in [0.3, 0.4) is 0 Å². The Balaban J connectivity index is 2.31. The van der Waals surface area contributed by atoms with E-state index < -0.39 is 12.0 Å². The van der Waals surface area contributed by atoms with Gasteiger partial charge < -0.3 is 9.90 Å². The number of hydrogen-bond donors (Lipinski definition) is 0. The number of carboxylic acids is 1. The topological polar surface area (TPSA) is 75.0 Å². The van der Waals surface area contributed by atoms with Crippen LogP contribution >= 0.6 is 27.3 Å². The minimum Gasteiger partial charge on any atom is -0.548 e. The molecule has 0 spiro atoms. The molecule has 0 N–H and O–H groups in total. The first-order valence-corrected chi connectivity index (χ1v) is 9.02. The Morgan fingerprint density at radius 1 is 1.38 bits per heavy atom. The van der Waals surface area contributed by atoms with Crippen LogP contribution in [0.2, 0.25) is 0 Å². The van der Waals surface area contributed by atoms with E-state index in [2.05, 4.69) is 20.9 Å². The number of halogens is 1. The molecule has 1 atom stereocenters. The van der Waals surface area contributed by atoms with Crippen LogP contribution in [0, 0.1) is 6.92 Å². The Morgan fingerprint density at radius 2 is 2.04 bits per heavy atom. The maximum atomic E-state index is 12.9. The van der Waals surface area contributed by atoms with Crippen molar-refractivity contribution in [1.82, 2.24) is 9.55 Å². The molecule has 7 heteroatoms. The fourth-order valence-corrected chi connectivity index (χ4v) is 4.05. The standard InChI is InChI=1S/C17H15BrN2O3S/c1-3-12(17(22)23)20-8-19-15-14(16(20)21)13(9(2)24-15)10-4-6-11(18)7-5-10/h4-8,12H,3H2,1-2H3,(H,22,23)/p-1. The molecule has 3 aromatic rings. The van der Waals surface area contributed by atoms with Crippen LogP contribution in [0.5, 0.6) is 0 Å². The van der Waals surface area contributed by atoms with Crippen LogP contribution in [0.1, 0.15) is 24.3 Å². The number of aliphatic carboxylic acids is 1. The van der Waals surface area contributed by atoms with E-state index in [1.165, 1.54) is 17.7 Å². The lowest BCUT2D eigenvalue weighted by Gasteiger charge is -2.18. The number of carbonyl (C=O) groups is 1. The summed E-state index contributed by atoms with van der Waals surface area (Å²) in [5.74, 6) is -1.28. The van der Waals surface area contributed by atoms with Crippen LogP contribution in [-0.2, 0) is 4.79 Å². The number of aryl methyl sites for hydroxylation is 1. The first kappa shape index (κ1) is 16.9. The van der Waals surface area contributed by atoms with Crippen molar-refractivity contribution in [1.29, 1.82) is 0 Å². The third kappa shape index (κ3) is 2.78. The zero-order valence-corrected chi connectivity index (χ0v) is 15.5. The fraction of sp³-hybridized carbons (Fsp3) is 0.235. The SMILES string of the molecule is CCC(C(=O)[O-])n1cnc2sc(C)c(-c3ccc(Br)cc3)c2c1=O. The van der Waals surface area contributed by atoms with Gasteiger partial charge in [-0.3, -0.25) is 9.36 Å². The summed E-state index contributed by atoms with van der Waals surface area (Å²) in [5, 5.41) is 11.8. The van der Waals surface area contributed by atoms with Gasteiger partial charge in [-0.25, -0.2) is 4.98 Å². The van der Waals surface area contributed by atoms with Crippen molar-refractivity contribution in [2.75, 3.05) is 0 Å². The molecule has 0 radical (unpaired) electrons. The number of rotatable bonds is 4. The van der Waals surface area contributed by atoms with Gasteiger partial charge in [0, 0.05) is 14.9 Å². The van der Waals surface area contributed by atoms with Crippen molar-refractivity contribution < 1.29 is 9.90 Å². The number of nitrogens with zero attached hydrogens (tertiary/aromatic N) is 2. The second kappa shape index (κ2) is 6.49. The van der Waals surface area contributed by atoms with Crippen LogP contribution < -0.4 is 10.7 Å². The van der Waals surface area contributed by atoms with Gasteiger partial charge in [-0.15, -0.1) is 11.3 Å². The minimum atomic E-state index is -1.28. The van der Waals surface area contributed by atoms with Gasteiger partial charge in [0.05, 0.1) is 23.7 Å². The lowest BCUT2D eigenvalue weighted by atomic mass is 10.0. The van der Waals surface area contributed by atoms with Gasteiger partial charge in [0.25, 0.3) is 5.56 Å². The lowest BCUT2D eigenvalue weighted by molar-refractivity contribution is -0.310. The molecule has 0 amide bonds. The highest BCUT2D eigenvalue weighted by Crippen LogP contribution is 2.36.